The van der Waals surface area contributed by atoms with Gasteiger partial charge in [-0.25, -0.2) is 5.84 Å². The number of nitrogens with two attached hydrogens (primary N) is 1. The molecule has 0 aromatic carbocycles. The number of furan rings is 1. The Morgan fingerprint density at radius 1 is 1.42 bits per heavy atom. The van der Waals surface area contributed by atoms with Crippen LogP contribution in [0.4, 0.5) is 0 Å². The van der Waals surface area contributed by atoms with E-state index in [4.69, 9.17) is 10.3 Å². The predicted octanol–water partition coefficient (Wildman–Crippen LogP) is 2.04. The Morgan fingerprint density at radius 2 is 2.11 bits per heavy atom. The van der Waals surface area contributed by atoms with Crippen molar-refractivity contribution >= 4 is 5.91 Å². The molecular weight excluding hydrogens is 242 g/mol. The Balaban J connectivity index is 1.92. The molecule has 0 saturated heterocycles. The van der Waals surface area contributed by atoms with Crippen LogP contribution >= 0.6 is 0 Å². The molecule has 1 aromatic rings. The van der Waals surface area contributed by atoms with Crippen LogP contribution in [0.3, 0.4) is 0 Å². The van der Waals surface area contributed by atoms with Gasteiger partial charge in [0.25, 0.3) is 5.91 Å². The van der Waals surface area contributed by atoms with Gasteiger partial charge in [-0.05, 0) is 26.0 Å². The molecule has 0 bridgehead atoms. The number of rotatable bonds is 4. The van der Waals surface area contributed by atoms with Crippen molar-refractivity contribution in [1.29, 1.82) is 0 Å². The van der Waals surface area contributed by atoms with Crippen molar-refractivity contribution in [2.24, 2.45) is 5.84 Å². The zero-order valence-electron chi connectivity index (χ0n) is 11.5. The van der Waals surface area contributed by atoms with Crippen LogP contribution in [-0.4, -0.2) is 23.9 Å². The van der Waals surface area contributed by atoms with Crippen molar-refractivity contribution in [3.63, 3.8) is 0 Å². The summed E-state index contributed by atoms with van der Waals surface area (Å²) in [5, 5.41) is 0. The summed E-state index contributed by atoms with van der Waals surface area (Å²) in [5.74, 6) is 5.59. The molecule has 1 amide bonds. The number of nitrogens with one attached hydrogen (secondary N) is 1. The molecule has 5 heteroatoms. The smallest absolute Gasteiger partial charge is 0.268 e. The number of nitrogens with zero attached hydrogens (tertiary/aromatic N) is 1. The molecule has 0 radical (unpaired) electrons. The summed E-state index contributed by atoms with van der Waals surface area (Å²) in [6, 6.07) is 2.38. The molecule has 106 valence electrons. The largest absolute Gasteiger partial charge is 0.467 e. The first-order valence-electron chi connectivity index (χ1n) is 6.99. The predicted molar refractivity (Wildman–Crippen MR) is 73.3 cm³/mol. The van der Waals surface area contributed by atoms with Crippen molar-refractivity contribution in [3.8, 4) is 0 Å². The Kier molecular flexibility index (Phi) is 4.99. The Hall–Kier alpha value is -1.33. The second kappa shape index (κ2) is 6.73. The average Bonchev–Trinajstić information content (AvgIpc) is 2.71. The minimum Gasteiger partial charge on any atom is -0.467 e. The van der Waals surface area contributed by atoms with E-state index in [9.17, 15) is 4.79 Å². The molecule has 1 aromatic heterocycles. The molecule has 0 unspecified atom stereocenters. The fourth-order valence-electron chi connectivity index (χ4n) is 2.74. The zero-order valence-corrected chi connectivity index (χ0v) is 11.5. The van der Waals surface area contributed by atoms with Gasteiger partial charge in [0.15, 0.2) is 0 Å². The molecule has 0 aliphatic heterocycles. The van der Waals surface area contributed by atoms with Crippen LogP contribution in [0.1, 0.15) is 54.6 Å². The van der Waals surface area contributed by atoms with E-state index in [-0.39, 0.29) is 5.91 Å². The first-order chi connectivity index (χ1) is 9.20. The fraction of sp³-hybridized carbons (Fsp3) is 0.643. The van der Waals surface area contributed by atoms with E-state index in [1.807, 2.05) is 0 Å². The molecule has 0 atom stereocenters. The lowest BCUT2D eigenvalue weighted by Gasteiger charge is -2.25. The van der Waals surface area contributed by atoms with Gasteiger partial charge in [0.05, 0.1) is 12.1 Å². The number of carbonyl (C=O) groups excluding carboxylic acids is 1. The first-order valence-corrected chi connectivity index (χ1v) is 6.99. The van der Waals surface area contributed by atoms with E-state index in [1.165, 1.54) is 44.8 Å². The van der Waals surface area contributed by atoms with Crippen LogP contribution in [0.15, 0.2) is 16.7 Å². The highest BCUT2D eigenvalue weighted by Gasteiger charge is 2.18. The van der Waals surface area contributed by atoms with Crippen LogP contribution < -0.4 is 11.3 Å². The molecule has 3 N–H and O–H groups in total. The van der Waals surface area contributed by atoms with E-state index in [0.29, 0.717) is 11.6 Å². The maximum absolute atomic E-state index is 11.3. The monoisotopic (exact) mass is 265 g/mol. The molecule has 0 spiro atoms. The van der Waals surface area contributed by atoms with Crippen LogP contribution in [-0.2, 0) is 6.54 Å². The second-order valence-corrected chi connectivity index (χ2v) is 5.34. The topological polar surface area (TPSA) is 71.5 Å². The SMILES string of the molecule is CN(Cc1cc(C(=O)NN)co1)C1CCCCCC1. The van der Waals surface area contributed by atoms with Crippen molar-refractivity contribution in [3.05, 3.63) is 23.7 Å². The highest BCUT2D eigenvalue weighted by Crippen LogP contribution is 2.22. The van der Waals surface area contributed by atoms with Gasteiger partial charge in [-0.1, -0.05) is 25.7 Å². The third-order valence-electron chi connectivity index (χ3n) is 3.90. The molecule has 1 fully saturated rings. The Morgan fingerprint density at radius 3 is 2.74 bits per heavy atom. The zero-order chi connectivity index (χ0) is 13.7. The number of hydrogen-bond acceptors (Lipinski definition) is 4. The first kappa shape index (κ1) is 14.1. The number of nitrogen functional groups attached to an aromatic ring is 1. The molecule has 1 saturated carbocycles. The molecule has 1 aliphatic carbocycles. The molecular formula is C14H23N3O2. The van der Waals surface area contributed by atoms with Gasteiger partial charge in [0.1, 0.15) is 12.0 Å². The highest BCUT2D eigenvalue weighted by molar-refractivity contribution is 5.93. The van der Waals surface area contributed by atoms with Crippen LogP contribution in [0.25, 0.3) is 0 Å². The van der Waals surface area contributed by atoms with Crippen molar-refractivity contribution in [2.75, 3.05) is 7.05 Å². The number of hydrazine groups is 1. The summed E-state index contributed by atoms with van der Waals surface area (Å²) in [7, 11) is 2.13. The van der Waals surface area contributed by atoms with Gasteiger partial charge in [-0.2, -0.15) is 0 Å². The molecule has 5 nitrogen and oxygen atoms in total. The maximum Gasteiger partial charge on any atom is 0.268 e. The van der Waals surface area contributed by atoms with Gasteiger partial charge in [-0.15, -0.1) is 0 Å². The lowest BCUT2D eigenvalue weighted by molar-refractivity contribution is 0.0953. The molecule has 1 heterocycles. The lowest BCUT2D eigenvalue weighted by Crippen LogP contribution is -2.30. The molecule has 2 rings (SSSR count). The fourth-order valence-corrected chi connectivity index (χ4v) is 2.74. The minimum atomic E-state index is -0.313. The summed E-state index contributed by atoms with van der Waals surface area (Å²) in [4.78, 5) is 13.7. The third kappa shape index (κ3) is 3.81. The lowest BCUT2D eigenvalue weighted by atomic mass is 10.1. The maximum atomic E-state index is 11.3. The Labute approximate surface area is 114 Å². The number of hydrogen-bond donors (Lipinski definition) is 2. The summed E-state index contributed by atoms with van der Waals surface area (Å²) in [6.07, 6.45) is 9.30. The van der Waals surface area contributed by atoms with Crippen molar-refractivity contribution in [2.45, 2.75) is 51.1 Å². The minimum absolute atomic E-state index is 0.313. The summed E-state index contributed by atoms with van der Waals surface area (Å²) < 4.78 is 5.42. The van der Waals surface area contributed by atoms with Gasteiger partial charge >= 0.3 is 0 Å². The van der Waals surface area contributed by atoms with Gasteiger partial charge in [-0.3, -0.25) is 15.1 Å². The summed E-state index contributed by atoms with van der Waals surface area (Å²) >= 11 is 0. The average molecular weight is 265 g/mol. The quantitative estimate of drug-likeness (QED) is 0.378. The van der Waals surface area contributed by atoms with E-state index < -0.39 is 0 Å². The number of carbonyl (C=O) groups is 1. The molecule has 1 aliphatic rings. The Bertz CT molecular complexity index is 409. The van der Waals surface area contributed by atoms with E-state index in [0.717, 1.165) is 12.3 Å². The summed E-state index contributed by atoms with van der Waals surface area (Å²) in [6.45, 7) is 0.739. The van der Waals surface area contributed by atoms with Crippen LogP contribution in [0, 0.1) is 0 Å². The van der Waals surface area contributed by atoms with Gasteiger partial charge in [0, 0.05) is 6.04 Å². The van der Waals surface area contributed by atoms with Crippen molar-refractivity contribution in [1.82, 2.24) is 10.3 Å². The van der Waals surface area contributed by atoms with Crippen molar-refractivity contribution < 1.29 is 9.21 Å². The van der Waals surface area contributed by atoms with Gasteiger partial charge in [0.2, 0.25) is 0 Å². The third-order valence-corrected chi connectivity index (χ3v) is 3.90. The van der Waals surface area contributed by atoms with E-state index in [2.05, 4.69) is 17.4 Å². The highest BCUT2D eigenvalue weighted by atomic mass is 16.3. The van der Waals surface area contributed by atoms with Crippen LogP contribution in [0.5, 0.6) is 0 Å². The normalized spacial score (nSPS) is 17.4. The van der Waals surface area contributed by atoms with E-state index in [1.54, 1.807) is 6.07 Å². The summed E-state index contributed by atoms with van der Waals surface area (Å²) in [5.41, 5.74) is 2.59. The standard InChI is InChI=1S/C14H23N3O2/c1-17(12-6-4-2-3-5-7-12)9-13-8-11(10-19-13)14(18)16-15/h8,10,12H,2-7,9,15H2,1H3,(H,16,18). The van der Waals surface area contributed by atoms with Gasteiger partial charge < -0.3 is 4.42 Å². The van der Waals surface area contributed by atoms with E-state index >= 15 is 0 Å². The molecule has 19 heavy (non-hydrogen) atoms. The second-order valence-electron chi connectivity index (χ2n) is 5.34. The number of amides is 1. The van der Waals surface area contributed by atoms with Crippen LogP contribution in [0.2, 0.25) is 0 Å².